The highest BCUT2D eigenvalue weighted by Crippen LogP contribution is 2.39. The summed E-state index contributed by atoms with van der Waals surface area (Å²) in [5, 5.41) is 0. The third-order valence-corrected chi connectivity index (χ3v) is 5.01. The lowest BCUT2D eigenvalue weighted by atomic mass is 10.0. The maximum atomic E-state index is 6.42. The first-order valence-corrected chi connectivity index (χ1v) is 9.88. The van der Waals surface area contributed by atoms with Crippen LogP contribution in [0.5, 0.6) is 0 Å². The van der Waals surface area contributed by atoms with E-state index in [4.69, 9.17) is 18.9 Å². The maximum absolute atomic E-state index is 6.42. The lowest BCUT2D eigenvalue weighted by Gasteiger charge is -2.48. The Labute approximate surface area is 156 Å². The molecule has 25 heavy (non-hydrogen) atoms. The molecule has 4 heteroatoms. The molecule has 0 N–H and O–H groups in total. The van der Waals surface area contributed by atoms with E-state index in [9.17, 15) is 0 Å². The van der Waals surface area contributed by atoms with Crippen LogP contribution in [-0.4, -0.2) is 28.6 Å². The smallest absolute Gasteiger partial charge is 0.297 e. The predicted molar refractivity (Wildman–Crippen MR) is 105 cm³/mol. The van der Waals surface area contributed by atoms with Crippen LogP contribution in [0.25, 0.3) is 0 Å². The highest BCUT2D eigenvalue weighted by Gasteiger charge is 2.50. The molecule has 0 heterocycles. The van der Waals surface area contributed by atoms with Gasteiger partial charge >= 0.3 is 6.16 Å². The van der Waals surface area contributed by atoms with Gasteiger partial charge in [0.2, 0.25) is 0 Å². The minimum Gasteiger partial charge on any atom is -0.297 e. The minimum atomic E-state index is -1.56. The van der Waals surface area contributed by atoms with Gasteiger partial charge in [0.05, 0.1) is 22.4 Å². The van der Waals surface area contributed by atoms with Gasteiger partial charge in [-0.2, -0.15) is 0 Å². The van der Waals surface area contributed by atoms with Crippen LogP contribution in [0.15, 0.2) is 0 Å². The number of ether oxygens (including phenoxy) is 4. The van der Waals surface area contributed by atoms with Crippen molar-refractivity contribution in [3.05, 3.63) is 0 Å². The van der Waals surface area contributed by atoms with Crippen LogP contribution >= 0.6 is 0 Å². The van der Waals surface area contributed by atoms with E-state index in [-0.39, 0.29) is 0 Å². The molecule has 4 nitrogen and oxygen atoms in total. The van der Waals surface area contributed by atoms with E-state index in [0.29, 0.717) is 0 Å². The topological polar surface area (TPSA) is 36.9 Å². The summed E-state index contributed by atoms with van der Waals surface area (Å²) in [6.07, 6.45) is 1.71. The summed E-state index contributed by atoms with van der Waals surface area (Å²) < 4.78 is 25.7. The first kappa shape index (κ1) is 24.8. The fourth-order valence-corrected chi connectivity index (χ4v) is 1.77. The Morgan fingerprint density at radius 1 is 0.400 bits per heavy atom. The normalized spacial score (nSPS) is 14.9. The molecule has 0 saturated carbocycles. The number of hydrogen-bond acceptors (Lipinski definition) is 4. The van der Waals surface area contributed by atoms with E-state index in [1.54, 1.807) is 0 Å². The minimum absolute atomic E-state index is 0.447. The van der Waals surface area contributed by atoms with Crippen LogP contribution < -0.4 is 0 Å². The predicted octanol–water partition coefficient (Wildman–Crippen LogP) is 6.42. The van der Waals surface area contributed by atoms with Crippen molar-refractivity contribution in [1.82, 2.24) is 0 Å². The van der Waals surface area contributed by atoms with Gasteiger partial charge in [-0.05, 0) is 81.1 Å². The van der Waals surface area contributed by atoms with Gasteiger partial charge < -0.3 is 0 Å². The third kappa shape index (κ3) is 8.85. The van der Waals surface area contributed by atoms with Crippen LogP contribution in [-0.2, 0) is 18.9 Å². The highest BCUT2D eigenvalue weighted by atomic mass is 17.0. The molecule has 0 radical (unpaired) electrons. The van der Waals surface area contributed by atoms with E-state index < -0.39 is 28.6 Å². The molecular formula is C21H44O4. The summed E-state index contributed by atoms with van der Waals surface area (Å²) in [5.41, 5.74) is -1.79. The van der Waals surface area contributed by atoms with Crippen molar-refractivity contribution in [2.24, 2.45) is 0 Å². The standard InChI is InChI=1S/C21H44O4/c1-13-17(5,6)22-21(23-18(7,8)14-2,24-19(9,10)15-3)25-20(11,12)16-4/h13-16H2,1-12H3. The fraction of sp³-hybridized carbons (Fsp3) is 1.00. The third-order valence-electron chi connectivity index (χ3n) is 5.01. The zero-order valence-corrected chi connectivity index (χ0v) is 19.0. The van der Waals surface area contributed by atoms with Crippen molar-refractivity contribution < 1.29 is 18.9 Å². The molecule has 0 aromatic carbocycles. The van der Waals surface area contributed by atoms with Gasteiger partial charge in [0.1, 0.15) is 0 Å². The molecule has 0 fully saturated rings. The van der Waals surface area contributed by atoms with Gasteiger partial charge in [-0.15, -0.1) is 0 Å². The zero-order valence-electron chi connectivity index (χ0n) is 19.0. The average molecular weight is 361 g/mol. The Balaban J connectivity index is 6.09. The SMILES string of the molecule is CCC(C)(C)OC(OC(C)(C)CC)(OC(C)(C)CC)OC(C)(C)CC. The van der Waals surface area contributed by atoms with Crippen LogP contribution in [0.2, 0.25) is 0 Å². The van der Waals surface area contributed by atoms with Crippen molar-refractivity contribution >= 4 is 0 Å². The largest absolute Gasteiger partial charge is 0.414 e. The first-order valence-electron chi connectivity index (χ1n) is 9.88. The summed E-state index contributed by atoms with van der Waals surface area (Å²) >= 11 is 0. The molecular weight excluding hydrogens is 316 g/mol. The molecule has 0 aromatic rings. The molecule has 0 atom stereocenters. The van der Waals surface area contributed by atoms with Gasteiger partial charge in [0, 0.05) is 0 Å². The van der Waals surface area contributed by atoms with E-state index >= 15 is 0 Å². The summed E-state index contributed by atoms with van der Waals surface area (Å²) in [7, 11) is 0. The van der Waals surface area contributed by atoms with Crippen molar-refractivity contribution in [2.75, 3.05) is 0 Å². The molecule has 0 aliphatic heterocycles. The van der Waals surface area contributed by atoms with Crippen molar-refractivity contribution in [1.29, 1.82) is 0 Å². The van der Waals surface area contributed by atoms with E-state index in [1.807, 2.05) is 55.4 Å². The average Bonchev–Trinajstić information content (AvgIpc) is 2.45. The highest BCUT2D eigenvalue weighted by molar-refractivity contribution is 4.78. The molecule has 0 unspecified atom stereocenters. The first-order chi connectivity index (χ1) is 11.1. The molecule has 0 aliphatic rings. The molecule has 0 aromatic heterocycles. The lowest BCUT2D eigenvalue weighted by Crippen LogP contribution is -2.58. The second-order valence-electron chi connectivity index (χ2n) is 9.36. The molecule has 0 spiro atoms. The fourth-order valence-electron chi connectivity index (χ4n) is 1.77. The summed E-state index contributed by atoms with van der Waals surface area (Å²) in [4.78, 5) is 0. The van der Waals surface area contributed by atoms with Crippen molar-refractivity contribution in [2.45, 2.75) is 137 Å². The number of hydrogen-bond donors (Lipinski definition) is 0. The molecule has 0 saturated heterocycles. The van der Waals surface area contributed by atoms with Crippen LogP contribution in [0.3, 0.4) is 0 Å². The van der Waals surface area contributed by atoms with Gasteiger partial charge in [0.15, 0.2) is 0 Å². The second-order valence-corrected chi connectivity index (χ2v) is 9.36. The quantitative estimate of drug-likeness (QED) is 0.376. The molecule has 152 valence electrons. The van der Waals surface area contributed by atoms with Gasteiger partial charge in [-0.3, -0.25) is 18.9 Å². The van der Waals surface area contributed by atoms with E-state index in [0.717, 1.165) is 25.7 Å². The maximum Gasteiger partial charge on any atom is 0.414 e. The molecule has 0 rings (SSSR count). The Hall–Kier alpha value is -0.160. The molecule has 0 amide bonds. The summed E-state index contributed by atoms with van der Waals surface area (Å²) in [6, 6.07) is 0. The van der Waals surface area contributed by atoms with Crippen LogP contribution in [0.4, 0.5) is 0 Å². The molecule has 0 aliphatic carbocycles. The zero-order chi connectivity index (χ0) is 20.2. The van der Waals surface area contributed by atoms with Crippen LogP contribution in [0.1, 0.15) is 109 Å². The van der Waals surface area contributed by atoms with Crippen molar-refractivity contribution in [3.8, 4) is 0 Å². The van der Waals surface area contributed by atoms with Gasteiger partial charge in [-0.25, -0.2) is 0 Å². The lowest BCUT2D eigenvalue weighted by molar-refractivity contribution is -0.564. The van der Waals surface area contributed by atoms with Gasteiger partial charge in [-0.1, -0.05) is 27.7 Å². The van der Waals surface area contributed by atoms with Gasteiger partial charge in [0.25, 0.3) is 0 Å². The van der Waals surface area contributed by atoms with E-state index in [1.165, 1.54) is 0 Å². The Morgan fingerprint density at radius 2 is 0.560 bits per heavy atom. The Kier molecular flexibility index (Phi) is 8.63. The number of rotatable bonds is 12. The molecule has 0 bridgehead atoms. The van der Waals surface area contributed by atoms with E-state index in [2.05, 4.69) is 27.7 Å². The Morgan fingerprint density at radius 3 is 0.680 bits per heavy atom. The Bertz CT molecular complexity index is 319. The monoisotopic (exact) mass is 360 g/mol. The second kappa shape index (κ2) is 8.69. The summed E-state index contributed by atoms with van der Waals surface area (Å²) in [5.74, 6) is 0. The van der Waals surface area contributed by atoms with Crippen LogP contribution in [0, 0.1) is 0 Å². The summed E-state index contributed by atoms with van der Waals surface area (Å²) in [6.45, 7) is 24.6. The van der Waals surface area contributed by atoms with Crippen molar-refractivity contribution in [3.63, 3.8) is 0 Å².